The normalized spacial score (nSPS) is 11.5. The van der Waals surface area contributed by atoms with Crippen molar-refractivity contribution in [2.45, 2.75) is 32.9 Å². The predicted octanol–water partition coefficient (Wildman–Crippen LogP) is 4.10. The van der Waals surface area contributed by atoms with Crippen LogP contribution in [0.4, 0.5) is 0 Å². The minimum Gasteiger partial charge on any atom is -0.459 e. The minimum absolute atomic E-state index is 0.0199. The largest absolute Gasteiger partial charge is 0.459 e. The quantitative estimate of drug-likeness (QED) is 0.729. The topological polar surface area (TPSA) is 79.2 Å². The van der Waals surface area contributed by atoms with Gasteiger partial charge in [-0.05, 0) is 42.7 Å². The lowest BCUT2D eigenvalue weighted by atomic mass is 10.0. The summed E-state index contributed by atoms with van der Waals surface area (Å²) in [5, 5.41) is 12.4. The Kier molecular flexibility index (Phi) is 7.39. The van der Waals surface area contributed by atoms with Gasteiger partial charge in [-0.1, -0.05) is 43.6 Å². The highest BCUT2D eigenvalue weighted by Crippen LogP contribution is 2.13. The van der Waals surface area contributed by atoms with Crippen LogP contribution in [0.2, 0.25) is 5.02 Å². The van der Waals surface area contributed by atoms with Crippen molar-refractivity contribution in [2.24, 2.45) is 5.92 Å². The highest BCUT2D eigenvalue weighted by Gasteiger charge is 2.24. The zero-order chi connectivity index (χ0) is 19.8. The SMILES string of the molecule is CC(C)C[C@H](NC(=O)c1ccc(Cl)cc1)C(=O)OCc1ccccc1C#N. The number of carbonyl (C=O) groups is 2. The standard InChI is InChI=1S/C21H21ClN2O3/c1-14(2)11-19(24-20(25)15-7-9-18(22)10-8-15)21(26)27-13-17-6-4-3-5-16(17)12-23/h3-10,14,19H,11,13H2,1-2H3,(H,24,25)/t19-/m0/s1. The molecule has 1 amide bonds. The molecule has 0 aromatic heterocycles. The first-order chi connectivity index (χ1) is 12.9. The third-order valence-electron chi connectivity index (χ3n) is 3.91. The molecule has 0 fully saturated rings. The first-order valence-corrected chi connectivity index (χ1v) is 8.99. The van der Waals surface area contributed by atoms with Gasteiger partial charge in [0.2, 0.25) is 0 Å². The first-order valence-electron chi connectivity index (χ1n) is 8.61. The summed E-state index contributed by atoms with van der Waals surface area (Å²) < 4.78 is 5.36. The molecule has 0 spiro atoms. The van der Waals surface area contributed by atoms with Crippen molar-refractivity contribution in [1.82, 2.24) is 5.32 Å². The smallest absolute Gasteiger partial charge is 0.328 e. The van der Waals surface area contributed by atoms with Gasteiger partial charge < -0.3 is 10.1 Å². The van der Waals surface area contributed by atoms with Crippen molar-refractivity contribution >= 4 is 23.5 Å². The number of carbonyl (C=O) groups excluding carboxylic acids is 2. The zero-order valence-corrected chi connectivity index (χ0v) is 16.0. The van der Waals surface area contributed by atoms with Gasteiger partial charge in [-0.25, -0.2) is 4.79 Å². The Morgan fingerprint density at radius 1 is 1.15 bits per heavy atom. The van der Waals surface area contributed by atoms with Gasteiger partial charge in [0.1, 0.15) is 12.6 Å². The average Bonchev–Trinajstić information content (AvgIpc) is 2.65. The van der Waals surface area contributed by atoms with Gasteiger partial charge in [-0.3, -0.25) is 4.79 Å². The van der Waals surface area contributed by atoms with E-state index in [0.29, 0.717) is 28.1 Å². The number of hydrogen-bond donors (Lipinski definition) is 1. The lowest BCUT2D eigenvalue weighted by Gasteiger charge is -2.19. The lowest BCUT2D eigenvalue weighted by molar-refractivity contribution is -0.147. The number of halogens is 1. The van der Waals surface area contributed by atoms with Crippen LogP contribution in [0.15, 0.2) is 48.5 Å². The molecule has 0 aliphatic rings. The first kappa shape index (κ1) is 20.5. The molecule has 2 rings (SSSR count). The number of benzene rings is 2. The fourth-order valence-corrected chi connectivity index (χ4v) is 2.66. The van der Waals surface area contributed by atoms with Gasteiger partial charge in [-0.2, -0.15) is 5.26 Å². The second-order valence-corrected chi connectivity index (χ2v) is 6.98. The third-order valence-corrected chi connectivity index (χ3v) is 4.16. The summed E-state index contributed by atoms with van der Waals surface area (Å²) in [6.07, 6.45) is 0.443. The van der Waals surface area contributed by atoms with Crippen molar-refractivity contribution in [3.63, 3.8) is 0 Å². The van der Waals surface area contributed by atoms with Gasteiger partial charge >= 0.3 is 5.97 Å². The molecular weight excluding hydrogens is 364 g/mol. The Balaban J connectivity index is 2.06. The summed E-state index contributed by atoms with van der Waals surface area (Å²) in [7, 11) is 0. The number of hydrogen-bond acceptors (Lipinski definition) is 4. The molecule has 1 atom stereocenters. The summed E-state index contributed by atoms with van der Waals surface area (Å²) in [4.78, 5) is 25.0. The summed E-state index contributed by atoms with van der Waals surface area (Å²) in [5.41, 5.74) is 1.49. The second-order valence-electron chi connectivity index (χ2n) is 6.54. The number of nitriles is 1. The summed E-state index contributed by atoms with van der Waals surface area (Å²) in [6, 6.07) is 14.6. The Morgan fingerprint density at radius 3 is 2.44 bits per heavy atom. The fourth-order valence-electron chi connectivity index (χ4n) is 2.53. The maximum atomic E-state index is 12.5. The molecule has 2 aromatic carbocycles. The molecule has 0 radical (unpaired) electrons. The Labute approximate surface area is 163 Å². The Morgan fingerprint density at radius 2 is 1.81 bits per heavy atom. The molecule has 0 heterocycles. The van der Waals surface area contributed by atoms with Crippen LogP contribution in [-0.4, -0.2) is 17.9 Å². The van der Waals surface area contributed by atoms with E-state index in [1.54, 1.807) is 48.5 Å². The van der Waals surface area contributed by atoms with E-state index in [4.69, 9.17) is 21.6 Å². The molecule has 27 heavy (non-hydrogen) atoms. The lowest BCUT2D eigenvalue weighted by Crippen LogP contribution is -2.42. The highest BCUT2D eigenvalue weighted by molar-refractivity contribution is 6.30. The van der Waals surface area contributed by atoms with Gasteiger partial charge in [0, 0.05) is 16.1 Å². The van der Waals surface area contributed by atoms with E-state index in [-0.39, 0.29) is 18.4 Å². The van der Waals surface area contributed by atoms with Crippen molar-refractivity contribution in [3.05, 3.63) is 70.2 Å². The molecule has 1 N–H and O–H groups in total. The van der Waals surface area contributed by atoms with Crippen LogP contribution in [0.25, 0.3) is 0 Å². The molecule has 6 heteroatoms. The summed E-state index contributed by atoms with van der Waals surface area (Å²) in [6.45, 7) is 3.90. The maximum absolute atomic E-state index is 12.5. The number of rotatable bonds is 7. The van der Waals surface area contributed by atoms with E-state index in [1.807, 2.05) is 13.8 Å². The van der Waals surface area contributed by atoms with Gasteiger partial charge in [0.05, 0.1) is 11.6 Å². The molecule has 0 aliphatic carbocycles. The number of nitrogens with zero attached hydrogens (tertiary/aromatic N) is 1. The molecule has 0 saturated heterocycles. The summed E-state index contributed by atoms with van der Waals surface area (Å²) in [5.74, 6) is -0.718. The van der Waals surface area contributed by atoms with E-state index in [1.165, 1.54) is 0 Å². The molecular formula is C21H21ClN2O3. The third kappa shape index (κ3) is 6.12. The van der Waals surface area contributed by atoms with Crippen LogP contribution in [0.3, 0.4) is 0 Å². The van der Waals surface area contributed by atoms with Gasteiger partial charge in [0.15, 0.2) is 0 Å². The van der Waals surface area contributed by atoms with Crippen molar-refractivity contribution in [1.29, 1.82) is 5.26 Å². The molecule has 0 aliphatic heterocycles. The zero-order valence-electron chi connectivity index (χ0n) is 15.2. The second kappa shape index (κ2) is 9.75. The average molecular weight is 385 g/mol. The van der Waals surface area contributed by atoms with Crippen LogP contribution >= 0.6 is 11.6 Å². The van der Waals surface area contributed by atoms with E-state index < -0.39 is 12.0 Å². The van der Waals surface area contributed by atoms with E-state index in [2.05, 4.69) is 11.4 Å². The van der Waals surface area contributed by atoms with E-state index in [0.717, 1.165) is 0 Å². The monoisotopic (exact) mass is 384 g/mol. The number of esters is 1. The van der Waals surface area contributed by atoms with Crippen LogP contribution in [0, 0.1) is 17.2 Å². The molecule has 0 saturated carbocycles. The Hall–Kier alpha value is -2.84. The molecule has 2 aromatic rings. The van der Waals surface area contributed by atoms with Crippen molar-refractivity contribution in [3.8, 4) is 6.07 Å². The molecule has 140 valence electrons. The fraction of sp³-hybridized carbons (Fsp3) is 0.286. The molecule has 5 nitrogen and oxygen atoms in total. The van der Waals surface area contributed by atoms with E-state index in [9.17, 15) is 9.59 Å². The van der Waals surface area contributed by atoms with Crippen molar-refractivity contribution in [2.75, 3.05) is 0 Å². The summed E-state index contributed by atoms with van der Waals surface area (Å²) >= 11 is 5.84. The molecule has 0 bridgehead atoms. The minimum atomic E-state index is -0.776. The van der Waals surface area contributed by atoms with Crippen LogP contribution in [0.5, 0.6) is 0 Å². The van der Waals surface area contributed by atoms with Crippen LogP contribution in [-0.2, 0) is 16.1 Å². The maximum Gasteiger partial charge on any atom is 0.328 e. The van der Waals surface area contributed by atoms with Gasteiger partial charge in [0.25, 0.3) is 5.91 Å². The van der Waals surface area contributed by atoms with Gasteiger partial charge in [-0.15, -0.1) is 0 Å². The molecule has 0 unspecified atom stereocenters. The van der Waals surface area contributed by atoms with Crippen LogP contribution in [0.1, 0.15) is 41.8 Å². The van der Waals surface area contributed by atoms with E-state index >= 15 is 0 Å². The Bertz CT molecular complexity index is 841. The number of nitrogens with one attached hydrogen (secondary N) is 1. The predicted molar refractivity (Wildman–Crippen MR) is 103 cm³/mol. The number of amides is 1. The van der Waals surface area contributed by atoms with Crippen LogP contribution < -0.4 is 5.32 Å². The van der Waals surface area contributed by atoms with Crippen molar-refractivity contribution < 1.29 is 14.3 Å². The number of ether oxygens (including phenoxy) is 1. The highest BCUT2D eigenvalue weighted by atomic mass is 35.5.